The van der Waals surface area contributed by atoms with Gasteiger partial charge in [0.2, 0.25) is 0 Å². The first-order chi connectivity index (χ1) is 8.38. The van der Waals surface area contributed by atoms with Gasteiger partial charge in [-0.3, -0.25) is 0 Å². The van der Waals surface area contributed by atoms with E-state index in [0.29, 0.717) is 0 Å². The summed E-state index contributed by atoms with van der Waals surface area (Å²) in [5, 5.41) is 0. The van der Waals surface area contributed by atoms with Crippen molar-refractivity contribution in [3.63, 3.8) is 0 Å². The van der Waals surface area contributed by atoms with Crippen molar-refractivity contribution >= 4 is 0 Å². The number of rotatable bonds is 4. The van der Waals surface area contributed by atoms with Crippen molar-refractivity contribution in [2.24, 2.45) is 5.92 Å². The van der Waals surface area contributed by atoms with Crippen LogP contribution >= 0.6 is 0 Å². The Morgan fingerprint density at radius 1 is 1.18 bits per heavy atom. The van der Waals surface area contributed by atoms with Crippen LogP contribution in [0.25, 0.3) is 0 Å². The van der Waals surface area contributed by atoms with E-state index in [2.05, 4.69) is 41.2 Å². The van der Waals surface area contributed by atoms with E-state index in [1.165, 1.54) is 37.9 Å². The van der Waals surface area contributed by atoms with Crippen LogP contribution in [0, 0.1) is 18.3 Å². The van der Waals surface area contributed by atoms with Gasteiger partial charge in [-0.15, -0.1) is 12.3 Å². The van der Waals surface area contributed by atoms with E-state index in [1.54, 1.807) is 0 Å². The Morgan fingerprint density at radius 2 is 1.88 bits per heavy atom. The highest BCUT2D eigenvalue weighted by molar-refractivity contribution is 5.15. The molecule has 0 N–H and O–H groups in total. The van der Waals surface area contributed by atoms with Gasteiger partial charge in [-0.2, -0.15) is 0 Å². The minimum atomic E-state index is 0.861. The van der Waals surface area contributed by atoms with Crippen molar-refractivity contribution in [3.05, 3.63) is 35.9 Å². The number of hydrogen-bond donors (Lipinski definition) is 0. The van der Waals surface area contributed by atoms with Crippen molar-refractivity contribution in [2.75, 3.05) is 19.6 Å². The second-order valence-corrected chi connectivity index (χ2v) is 4.93. The summed E-state index contributed by atoms with van der Waals surface area (Å²) in [5.41, 5.74) is 1.48. The van der Waals surface area contributed by atoms with Gasteiger partial charge in [-0.1, -0.05) is 30.3 Å². The topological polar surface area (TPSA) is 3.24 Å². The highest BCUT2D eigenvalue weighted by Gasteiger charge is 2.18. The molecule has 1 saturated heterocycles. The number of piperidine rings is 1. The molecule has 1 nitrogen and oxygen atoms in total. The van der Waals surface area contributed by atoms with Crippen molar-refractivity contribution in [3.8, 4) is 12.3 Å². The molecule has 1 aliphatic rings. The fourth-order valence-corrected chi connectivity index (χ4v) is 2.58. The van der Waals surface area contributed by atoms with Crippen LogP contribution in [0.2, 0.25) is 0 Å². The van der Waals surface area contributed by atoms with Crippen LogP contribution < -0.4 is 0 Å². The van der Waals surface area contributed by atoms with E-state index in [0.717, 1.165) is 18.9 Å². The van der Waals surface area contributed by atoms with Crippen LogP contribution in [-0.4, -0.2) is 24.5 Å². The smallest absolute Gasteiger partial charge is 0.0214 e. The standard InChI is InChI=1S/C16H21N/c1-2-3-11-17-12-9-16(10-13-17)14-15-7-5-4-6-8-15/h1,4-8,16H,3,9-14H2. The Labute approximate surface area is 105 Å². The summed E-state index contributed by atoms with van der Waals surface area (Å²) in [4.78, 5) is 2.50. The lowest BCUT2D eigenvalue weighted by Gasteiger charge is -2.31. The zero-order valence-electron chi connectivity index (χ0n) is 10.4. The second kappa shape index (κ2) is 6.47. The summed E-state index contributed by atoms with van der Waals surface area (Å²) < 4.78 is 0. The van der Waals surface area contributed by atoms with E-state index in [-0.39, 0.29) is 0 Å². The number of likely N-dealkylation sites (tertiary alicyclic amines) is 1. The van der Waals surface area contributed by atoms with Crippen molar-refractivity contribution in [1.29, 1.82) is 0 Å². The molecular weight excluding hydrogens is 206 g/mol. The average Bonchev–Trinajstić information content (AvgIpc) is 2.39. The summed E-state index contributed by atoms with van der Waals surface area (Å²) >= 11 is 0. The molecule has 0 radical (unpaired) electrons. The number of terminal acetylenes is 1. The largest absolute Gasteiger partial charge is 0.302 e. The molecule has 1 aromatic carbocycles. The number of nitrogens with zero attached hydrogens (tertiary/aromatic N) is 1. The Hall–Kier alpha value is -1.26. The van der Waals surface area contributed by atoms with Gasteiger partial charge in [0.1, 0.15) is 0 Å². The average molecular weight is 227 g/mol. The van der Waals surface area contributed by atoms with Crippen LogP contribution in [0.3, 0.4) is 0 Å². The monoisotopic (exact) mass is 227 g/mol. The Bertz CT molecular complexity index is 355. The van der Waals surface area contributed by atoms with Gasteiger partial charge < -0.3 is 4.90 Å². The summed E-state index contributed by atoms with van der Waals surface area (Å²) in [6.45, 7) is 3.52. The molecule has 0 unspecified atom stereocenters. The van der Waals surface area contributed by atoms with Gasteiger partial charge in [0.25, 0.3) is 0 Å². The zero-order valence-corrected chi connectivity index (χ0v) is 10.4. The van der Waals surface area contributed by atoms with Crippen LogP contribution in [-0.2, 0) is 6.42 Å². The van der Waals surface area contributed by atoms with E-state index >= 15 is 0 Å². The van der Waals surface area contributed by atoms with Gasteiger partial charge in [0, 0.05) is 13.0 Å². The van der Waals surface area contributed by atoms with E-state index in [1.807, 2.05) is 0 Å². The summed E-state index contributed by atoms with van der Waals surface area (Å²) in [5.74, 6) is 3.59. The Morgan fingerprint density at radius 3 is 2.53 bits per heavy atom. The summed E-state index contributed by atoms with van der Waals surface area (Å²) in [6.07, 6.45) is 10.1. The SMILES string of the molecule is C#CCCN1CCC(Cc2ccccc2)CC1. The molecule has 1 aromatic rings. The van der Waals surface area contributed by atoms with Crippen LogP contribution in [0.15, 0.2) is 30.3 Å². The highest BCUT2D eigenvalue weighted by atomic mass is 15.1. The molecule has 2 rings (SSSR count). The molecule has 1 fully saturated rings. The van der Waals surface area contributed by atoms with Crippen molar-refractivity contribution in [2.45, 2.75) is 25.7 Å². The first-order valence-corrected chi connectivity index (χ1v) is 6.58. The maximum atomic E-state index is 5.30. The third-order valence-electron chi connectivity index (χ3n) is 3.65. The van der Waals surface area contributed by atoms with Gasteiger partial charge >= 0.3 is 0 Å². The molecule has 0 aliphatic carbocycles. The molecule has 1 heteroatoms. The number of hydrogen-bond acceptors (Lipinski definition) is 1. The third kappa shape index (κ3) is 3.91. The molecule has 1 aliphatic heterocycles. The first-order valence-electron chi connectivity index (χ1n) is 6.58. The fourth-order valence-electron chi connectivity index (χ4n) is 2.58. The lowest BCUT2D eigenvalue weighted by molar-refractivity contribution is 0.187. The maximum Gasteiger partial charge on any atom is 0.0214 e. The normalized spacial score (nSPS) is 17.8. The Balaban J connectivity index is 1.74. The van der Waals surface area contributed by atoms with Gasteiger partial charge in [0.15, 0.2) is 0 Å². The second-order valence-electron chi connectivity index (χ2n) is 4.93. The predicted octanol–water partition coefficient (Wildman–Crippen LogP) is 2.96. The zero-order chi connectivity index (χ0) is 11.9. The lowest BCUT2D eigenvalue weighted by Crippen LogP contribution is -2.34. The molecule has 0 bridgehead atoms. The predicted molar refractivity (Wildman–Crippen MR) is 72.8 cm³/mol. The highest BCUT2D eigenvalue weighted by Crippen LogP contribution is 2.21. The van der Waals surface area contributed by atoms with Crippen molar-refractivity contribution in [1.82, 2.24) is 4.90 Å². The van der Waals surface area contributed by atoms with Gasteiger partial charge in [0.05, 0.1) is 0 Å². The number of benzene rings is 1. The molecule has 0 amide bonds. The third-order valence-corrected chi connectivity index (χ3v) is 3.65. The fraction of sp³-hybridized carbons (Fsp3) is 0.500. The van der Waals surface area contributed by atoms with E-state index < -0.39 is 0 Å². The van der Waals surface area contributed by atoms with E-state index in [9.17, 15) is 0 Å². The van der Waals surface area contributed by atoms with Crippen molar-refractivity contribution < 1.29 is 0 Å². The van der Waals surface area contributed by atoms with Crippen LogP contribution in [0.5, 0.6) is 0 Å². The van der Waals surface area contributed by atoms with Gasteiger partial charge in [-0.25, -0.2) is 0 Å². The molecule has 0 atom stereocenters. The van der Waals surface area contributed by atoms with Gasteiger partial charge in [-0.05, 0) is 43.8 Å². The minimum absolute atomic E-state index is 0.861. The summed E-state index contributed by atoms with van der Waals surface area (Å²) in [7, 11) is 0. The van der Waals surface area contributed by atoms with E-state index in [4.69, 9.17) is 6.42 Å². The molecule has 17 heavy (non-hydrogen) atoms. The van der Waals surface area contributed by atoms with Crippen LogP contribution in [0.4, 0.5) is 0 Å². The summed E-state index contributed by atoms with van der Waals surface area (Å²) in [6, 6.07) is 10.8. The minimum Gasteiger partial charge on any atom is -0.302 e. The Kier molecular flexibility index (Phi) is 4.64. The molecule has 90 valence electrons. The lowest BCUT2D eigenvalue weighted by atomic mass is 9.90. The molecule has 0 aromatic heterocycles. The quantitative estimate of drug-likeness (QED) is 0.715. The molecule has 0 saturated carbocycles. The first kappa shape index (κ1) is 12.2. The molecular formula is C16H21N. The molecule has 0 spiro atoms. The maximum absolute atomic E-state index is 5.30. The molecule has 1 heterocycles. The van der Waals surface area contributed by atoms with Crippen LogP contribution in [0.1, 0.15) is 24.8 Å².